The molecule has 0 radical (unpaired) electrons. The van der Waals surface area contributed by atoms with Crippen LogP contribution in [0, 0.1) is 0 Å². The SMILES string of the molecule is CC[C@H](C(=O)N1CCN(C2=Nc3ccccc3Oc3ccc(OC)cc32)C[C@H]1C)c1ccccc1. The van der Waals surface area contributed by atoms with Crippen molar-refractivity contribution in [1.29, 1.82) is 0 Å². The van der Waals surface area contributed by atoms with E-state index in [1.54, 1.807) is 7.11 Å². The molecule has 0 unspecified atom stereocenters. The van der Waals surface area contributed by atoms with Crippen LogP contribution in [0.4, 0.5) is 5.69 Å². The molecule has 3 aromatic carbocycles. The molecule has 0 N–H and O–H groups in total. The van der Waals surface area contributed by atoms with E-state index in [0.29, 0.717) is 19.6 Å². The molecule has 3 aromatic rings. The van der Waals surface area contributed by atoms with Crippen LogP contribution >= 0.6 is 0 Å². The first-order valence-electron chi connectivity index (χ1n) is 12.2. The number of hydrogen-bond donors (Lipinski definition) is 0. The van der Waals surface area contributed by atoms with Gasteiger partial charge in [-0.3, -0.25) is 4.79 Å². The lowest BCUT2D eigenvalue weighted by molar-refractivity contribution is -0.136. The molecule has 2 heterocycles. The molecular weight excluding hydrogens is 438 g/mol. The summed E-state index contributed by atoms with van der Waals surface area (Å²) >= 11 is 0. The average molecular weight is 470 g/mol. The number of nitrogens with zero attached hydrogens (tertiary/aromatic N) is 3. The fraction of sp³-hybridized carbons (Fsp3) is 0.310. The number of amidine groups is 1. The maximum atomic E-state index is 13.6. The van der Waals surface area contributed by atoms with E-state index < -0.39 is 0 Å². The third kappa shape index (κ3) is 4.48. The molecule has 0 spiro atoms. The average Bonchev–Trinajstić information content (AvgIpc) is 3.06. The van der Waals surface area contributed by atoms with Crippen molar-refractivity contribution in [2.24, 2.45) is 4.99 Å². The number of piperazine rings is 1. The predicted octanol–water partition coefficient (Wildman–Crippen LogP) is 5.61. The smallest absolute Gasteiger partial charge is 0.230 e. The minimum Gasteiger partial charge on any atom is -0.497 e. The molecule has 6 heteroatoms. The van der Waals surface area contributed by atoms with E-state index in [1.165, 1.54) is 0 Å². The van der Waals surface area contributed by atoms with Gasteiger partial charge in [-0.2, -0.15) is 0 Å². The zero-order chi connectivity index (χ0) is 24.4. The van der Waals surface area contributed by atoms with Gasteiger partial charge in [-0.15, -0.1) is 0 Å². The number of carbonyl (C=O) groups is 1. The van der Waals surface area contributed by atoms with Gasteiger partial charge in [0.15, 0.2) is 5.75 Å². The van der Waals surface area contributed by atoms with Crippen molar-refractivity contribution in [2.75, 3.05) is 26.7 Å². The number of fused-ring (bicyclic) bond motifs is 2. The first-order valence-corrected chi connectivity index (χ1v) is 12.2. The Hall–Kier alpha value is -3.80. The van der Waals surface area contributed by atoms with Crippen LogP contribution in [0.5, 0.6) is 17.2 Å². The molecule has 2 aliphatic heterocycles. The van der Waals surface area contributed by atoms with Gasteiger partial charge < -0.3 is 19.3 Å². The molecule has 0 bridgehead atoms. The highest BCUT2D eigenvalue weighted by molar-refractivity contribution is 6.04. The number of hydrogen-bond acceptors (Lipinski definition) is 5. The van der Waals surface area contributed by atoms with Crippen LogP contribution in [0.2, 0.25) is 0 Å². The maximum absolute atomic E-state index is 13.6. The Morgan fingerprint density at radius 1 is 1.06 bits per heavy atom. The highest BCUT2D eigenvalue weighted by Crippen LogP contribution is 2.39. The van der Waals surface area contributed by atoms with Gasteiger partial charge in [-0.05, 0) is 49.2 Å². The normalized spacial score (nSPS) is 17.9. The lowest BCUT2D eigenvalue weighted by atomic mass is 9.94. The molecule has 180 valence electrons. The molecule has 1 fully saturated rings. The largest absolute Gasteiger partial charge is 0.497 e. The molecular formula is C29H31N3O3. The minimum atomic E-state index is -0.120. The van der Waals surface area contributed by atoms with Gasteiger partial charge in [0.05, 0.1) is 18.6 Å². The number of aliphatic imine (C=N–C) groups is 1. The molecule has 0 aliphatic carbocycles. The molecule has 1 saturated heterocycles. The van der Waals surface area contributed by atoms with Crippen molar-refractivity contribution in [3.63, 3.8) is 0 Å². The summed E-state index contributed by atoms with van der Waals surface area (Å²) in [5.41, 5.74) is 2.76. The summed E-state index contributed by atoms with van der Waals surface area (Å²) in [5, 5.41) is 0. The van der Waals surface area contributed by atoms with Crippen molar-refractivity contribution in [3.05, 3.63) is 83.9 Å². The topological polar surface area (TPSA) is 54.4 Å². The summed E-state index contributed by atoms with van der Waals surface area (Å²) in [4.78, 5) is 22.9. The number of carbonyl (C=O) groups excluding carboxylic acids is 1. The Balaban J connectivity index is 1.43. The first-order chi connectivity index (χ1) is 17.1. The standard InChI is InChI=1S/C29H31N3O3/c1-4-23(21-10-6-5-7-11-21)29(33)32-17-16-31(19-20(32)2)28-24-18-22(34-3)14-15-26(24)35-27-13-9-8-12-25(27)30-28/h5-15,18,20,23H,4,16-17,19H2,1-3H3/t20-,23+/m1/s1. The van der Waals surface area contributed by atoms with E-state index in [-0.39, 0.29) is 17.9 Å². The summed E-state index contributed by atoms with van der Waals surface area (Å²) in [5.74, 6) is 3.15. The number of benzene rings is 3. The van der Waals surface area contributed by atoms with Crippen molar-refractivity contribution in [1.82, 2.24) is 9.80 Å². The Kier molecular flexibility index (Phi) is 6.45. The first kappa shape index (κ1) is 23.0. The second-order valence-electron chi connectivity index (χ2n) is 9.07. The molecule has 6 nitrogen and oxygen atoms in total. The van der Waals surface area contributed by atoms with Gasteiger partial charge in [0.25, 0.3) is 0 Å². The van der Waals surface area contributed by atoms with Crippen molar-refractivity contribution < 1.29 is 14.3 Å². The molecule has 1 amide bonds. The predicted molar refractivity (Wildman–Crippen MR) is 138 cm³/mol. The molecule has 2 atom stereocenters. The fourth-order valence-corrected chi connectivity index (χ4v) is 4.99. The quantitative estimate of drug-likeness (QED) is 0.499. The summed E-state index contributed by atoms with van der Waals surface area (Å²) in [6.07, 6.45) is 0.782. The number of methoxy groups -OCH3 is 1. The van der Waals surface area contributed by atoms with E-state index in [2.05, 4.69) is 30.9 Å². The van der Waals surface area contributed by atoms with E-state index >= 15 is 0 Å². The van der Waals surface area contributed by atoms with E-state index in [4.69, 9.17) is 14.5 Å². The van der Waals surface area contributed by atoms with Gasteiger partial charge in [0, 0.05) is 25.7 Å². The Morgan fingerprint density at radius 2 is 1.83 bits per heavy atom. The van der Waals surface area contributed by atoms with Crippen LogP contribution in [-0.4, -0.2) is 54.3 Å². The van der Waals surface area contributed by atoms with Crippen LogP contribution in [0.25, 0.3) is 0 Å². The van der Waals surface area contributed by atoms with E-state index in [9.17, 15) is 4.79 Å². The highest BCUT2D eigenvalue weighted by Gasteiger charge is 2.34. The number of ether oxygens (including phenoxy) is 2. The zero-order valence-corrected chi connectivity index (χ0v) is 20.5. The molecule has 0 saturated carbocycles. The lowest BCUT2D eigenvalue weighted by Gasteiger charge is -2.42. The Morgan fingerprint density at radius 3 is 2.57 bits per heavy atom. The van der Waals surface area contributed by atoms with Crippen LogP contribution in [0.15, 0.2) is 77.8 Å². The minimum absolute atomic E-state index is 0.0465. The summed E-state index contributed by atoms with van der Waals surface area (Å²) < 4.78 is 11.7. The van der Waals surface area contributed by atoms with Crippen LogP contribution < -0.4 is 9.47 Å². The monoisotopic (exact) mass is 469 g/mol. The number of rotatable bonds is 4. The van der Waals surface area contributed by atoms with Gasteiger partial charge in [-0.25, -0.2) is 4.99 Å². The Labute approximate surface area is 206 Å². The number of para-hydroxylation sites is 2. The van der Waals surface area contributed by atoms with Gasteiger partial charge in [0.1, 0.15) is 23.0 Å². The van der Waals surface area contributed by atoms with Crippen LogP contribution in [-0.2, 0) is 4.79 Å². The molecule has 2 aliphatic rings. The van der Waals surface area contributed by atoms with E-state index in [0.717, 1.165) is 46.3 Å². The van der Waals surface area contributed by atoms with Crippen LogP contribution in [0.3, 0.4) is 0 Å². The fourth-order valence-electron chi connectivity index (χ4n) is 4.99. The Bertz CT molecular complexity index is 1240. The second-order valence-corrected chi connectivity index (χ2v) is 9.07. The highest BCUT2D eigenvalue weighted by atomic mass is 16.5. The maximum Gasteiger partial charge on any atom is 0.230 e. The van der Waals surface area contributed by atoms with Crippen molar-refractivity contribution in [3.8, 4) is 17.2 Å². The van der Waals surface area contributed by atoms with Gasteiger partial charge in [-0.1, -0.05) is 49.4 Å². The van der Waals surface area contributed by atoms with Gasteiger partial charge >= 0.3 is 0 Å². The summed E-state index contributed by atoms with van der Waals surface area (Å²) in [6, 6.07) is 23.8. The van der Waals surface area contributed by atoms with Gasteiger partial charge in [0.2, 0.25) is 5.91 Å². The zero-order valence-electron chi connectivity index (χ0n) is 20.5. The molecule has 0 aromatic heterocycles. The summed E-state index contributed by atoms with van der Waals surface area (Å²) in [7, 11) is 1.66. The number of amides is 1. The third-order valence-corrected chi connectivity index (χ3v) is 6.86. The third-order valence-electron chi connectivity index (χ3n) is 6.86. The molecule has 35 heavy (non-hydrogen) atoms. The molecule has 5 rings (SSSR count). The second kappa shape index (κ2) is 9.82. The van der Waals surface area contributed by atoms with Crippen molar-refractivity contribution >= 4 is 17.4 Å². The summed E-state index contributed by atoms with van der Waals surface area (Å²) in [6.45, 7) is 6.23. The van der Waals surface area contributed by atoms with Crippen molar-refractivity contribution in [2.45, 2.75) is 32.2 Å². The van der Waals surface area contributed by atoms with Crippen LogP contribution in [0.1, 0.15) is 37.3 Å². The van der Waals surface area contributed by atoms with E-state index in [1.807, 2.05) is 65.6 Å². The lowest BCUT2D eigenvalue weighted by Crippen LogP contribution is -2.56.